The number of anilines is 1. The second kappa shape index (κ2) is 8.04. The van der Waals surface area contributed by atoms with Gasteiger partial charge >= 0.3 is 0 Å². The normalized spacial score (nSPS) is 11.4. The quantitative estimate of drug-likeness (QED) is 0.646. The van der Waals surface area contributed by atoms with Crippen LogP contribution in [0.15, 0.2) is 41.6 Å². The number of aryl methyl sites for hydroxylation is 1. The van der Waals surface area contributed by atoms with Crippen LogP contribution in [-0.4, -0.2) is 30.7 Å². The average Bonchev–Trinajstić information content (AvgIpc) is 3.00. The molecule has 8 nitrogen and oxygen atoms in total. The molecule has 0 radical (unpaired) electrons. The molecule has 4 N–H and O–H groups in total. The number of nitrogens with one attached hydrogen (secondary N) is 2. The van der Waals surface area contributed by atoms with Gasteiger partial charge < -0.3 is 10.6 Å². The van der Waals surface area contributed by atoms with Crippen molar-refractivity contribution < 1.29 is 13.2 Å². The maximum atomic E-state index is 12.0. The number of primary sulfonamides is 1. The molecule has 0 aliphatic rings. The first-order chi connectivity index (χ1) is 11.4. The Balaban J connectivity index is 1.88. The molecule has 0 aliphatic carbocycles. The predicted molar refractivity (Wildman–Crippen MR) is 90.7 cm³/mol. The Morgan fingerprint density at radius 1 is 1.38 bits per heavy atom. The highest BCUT2D eigenvalue weighted by molar-refractivity contribution is 7.89. The van der Waals surface area contributed by atoms with E-state index in [2.05, 4.69) is 15.7 Å². The van der Waals surface area contributed by atoms with Gasteiger partial charge in [-0.15, -0.1) is 0 Å². The molecule has 24 heavy (non-hydrogen) atoms. The SMILES string of the molecule is CCNCc1cccc(NC(=O)CCn2cc(S(N)(=O)=O)cn2)c1. The topological polar surface area (TPSA) is 119 Å². The van der Waals surface area contributed by atoms with E-state index in [4.69, 9.17) is 5.14 Å². The van der Waals surface area contributed by atoms with Gasteiger partial charge in [-0.3, -0.25) is 9.48 Å². The third kappa shape index (κ3) is 5.44. The number of aromatic nitrogens is 2. The van der Waals surface area contributed by atoms with Crippen LogP contribution in [0.1, 0.15) is 18.9 Å². The monoisotopic (exact) mass is 351 g/mol. The van der Waals surface area contributed by atoms with E-state index in [-0.39, 0.29) is 23.8 Å². The Hall–Kier alpha value is -2.23. The minimum Gasteiger partial charge on any atom is -0.326 e. The van der Waals surface area contributed by atoms with Gasteiger partial charge in [-0.1, -0.05) is 19.1 Å². The summed E-state index contributed by atoms with van der Waals surface area (Å²) < 4.78 is 23.7. The van der Waals surface area contributed by atoms with Gasteiger partial charge in [0.1, 0.15) is 4.90 Å². The largest absolute Gasteiger partial charge is 0.326 e. The van der Waals surface area contributed by atoms with E-state index in [1.165, 1.54) is 10.9 Å². The smallest absolute Gasteiger partial charge is 0.241 e. The van der Waals surface area contributed by atoms with Crippen LogP contribution < -0.4 is 15.8 Å². The first-order valence-corrected chi connectivity index (χ1v) is 9.08. The Morgan fingerprint density at radius 2 is 2.17 bits per heavy atom. The van der Waals surface area contributed by atoms with E-state index < -0.39 is 10.0 Å². The number of carbonyl (C=O) groups is 1. The molecule has 1 aromatic heterocycles. The van der Waals surface area contributed by atoms with Gasteiger partial charge in [-0.25, -0.2) is 13.6 Å². The molecule has 1 amide bonds. The molecule has 2 rings (SSSR count). The average molecular weight is 351 g/mol. The summed E-state index contributed by atoms with van der Waals surface area (Å²) in [4.78, 5) is 11.9. The van der Waals surface area contributed by atoms with Crippen molar-refractivity contribution in [3.8, 4) is 0 Å². The van der Waals surface area contributed by atoms with Crippen molar-refractivity contribution in [2.75, 3.05) is 11.9 Å². The second-order valence-electron chi connectivity index (χ2n) is 5.26. The minimum atomic E-state index is -3.77. The maximum Gasteiger partial charge on any atom is 0.241 e. The summed E-state index contributed by atoms with van der Waals surface area (Å²) >= 11 is 0. The number of hydrogen-bond donors (Lipinski definition) is 3. The summed E-state index contributed by atoms with van der Waals surface area (Å²) in [5, 5.41) is 14.9. The fourth-order valence-electron chi connectivity index (χ4n) is 2.08. The van der Waals surface area contributed by atoms with Crippen molar-refractivity contribution >= 4 is 21.6 Å². The van der Waals surface area contributed by atoms with E-state index >= 15 is 0 Å². The number of amides is 1. The third-order valence-electron chi connectivity index (χ3n) is 3.30. The molecule has 1 aromatic carbocycles. The standard InChI is InChI=1S/C15H21N5O3S/c1-2-17-9-12-4-3-5-13(8-12)19-15(21)6-7-20-11-14(10-18-20)24(16,22)23/h3-5,8,10-11,17H,2,6-7,9H2,1H3,(H,19,21)(H2,16,22,23). The molecular formula is C15H21N5O3S. The lowest BCUT2D eigenvalue weighted by Gasteiger charge is -2.08. The summed E-state index contributed by atoms with van der Waals surface area (Å²) in [6, 6.07) is 7.60. The van der Waals surface area contributed by atoms with Crippen molar-refractivity contribution in [2.45, 2.75) is 31.3 Å². The zero-order valence-corrected chi connectivity index (χ0v) is 14.2. The Kier molecular flexibility index (Phi) is 6.07. The van der Waals surface area contributed by atoms with Gasteiger partial charge in [0.2, 0.25) is 15.9 Å². The van der Waals surface area contributed by atoms with Crippen molar-refractivity contribution in [1.82, 2.24) is 15.1 Å². The van der Waals surface area contributed by atoms with Crippen molar-refractivity contribution in [1.29, 1.82) is 0 Å². The zero-order chi connectivity index (χ0) is 17.6. The van der Waals surface area contributed by atoms with Crippen LogP contribution in [0.5, 0.6) is 0 Å². The van der Waals surface area contributed by atoms with Gasteiger partial charge in [0.05, 0.1) is 6.20 Å². The third-order valence-corrected chi connectivity index (χ3v) is 4.16. The molecule has 0 fully saturated rings. The number of hydrogen-bond acceptors (Lipinski definition) is 5. The molecule has 1 heterocycles. The molecule has 0 spiro atoms. The van der Waals surface area contributed by atoms with Gasteiger partial charge in [0, 0.05) is 31.4 Å². The summed E-state index contributed by atoms with van der Waals surface area (Å²) in [6.07, 6.45) is 2.64. The van der Waals surface area contributed by atoms with E-state index in [1.807, 2.05) is 31.2 Å². The number of nitrogens with zero attached hydrogens (tertiary/aromatic N) is 2. The molecule has 0 saturated heterocycles. The molecule has 2 aromatic rings. The van der Waals surface area contributed by atoms with Crippen LogP contribution in [0.4, 0.5) is 5.69 Å². The van der Waals surface area contributed by atoms with E-state index in [1.54, 1.807) is 0 Å². The lowest BCUT2D eigenvalue weighted by atomic mass is 10.2. The van der Waals surface area contributed by atoms with Crippen molar-refractivity contribution in [3.05, 3.63) is 42.2 Å². The first kappa shape index (κ1) is 18.1. The highest BCUT2D eigenvalue weighted by Crippen LogP contribution is 2.11. The highest BCUT2D eigenvalue weighted by atomic mass is 32.2. The van der Waals surface area contributed by atoms with Gasteiger partial charge in [0.15, 0.2) is 0 Å². The van der Waals surface area contributed by atoms with Crippen molar-refractivity contribution in [2.24, 2.45) is 5.14 Å². The molecule has 0 aliphatic heterocycles. The first-order valence-electron chi connectivity index (χ1n) is 7.53. The van der Waals surface area contributed by atoms with E-state index in [9.17, 15) is 13.2 Å². The molecule has 0 atom stereocenters. The van der Waals surface area contributed by atoms with Crippen LogP contribution in [0, 0.1) is 0 Å². The second-order valence-corrected chi connectivity index (χ2v) is 6.82. The van der Waals surface area contributed by atoms with Gasteiger partial charge in [-0.05, 0) is 24.2 Å². The molecule has 0 saturated carbocycles. The minimum absolute atomic E-state index is 0.0703. The summed E-state index contributed by atoms with van der Waals surface area (Å²) in [6.45, 7) is 3.91. The molecule has 0 bridgehead atoms. The fraction of sp³-hybridized carbons (Fsp3) is 0.333. The maximum absolute atomic E-state index is 12.0. The Labute approximate surface area is 141 Å². The van der Waals surface area contributed by atoms with Crippen LogP contribution in [-0.2, 0) is 27.9 Å². The molecule has 0 unspecified atom stereocenters. The number of benzene rings is 1. The summed E-state index contributed by atoms with van der Waals surface area (Å²) in [5.41, 5.74) is 1.81. The number of carbonyl (C=O) groups excluding carboxylic acids is 1. The number of rotatable bonds is 8. The molecule has 130 valence electrons. The van der Waals surface area contributed by atoms with Crippen LogP contribution in [0.2, 0.25) is 0 Å². The van der Waals surface area contributed by atoms with Crippen LogP contribution in [0.25, 0.3) is 0 Å². The number of sulfonamides is 1. The Morgan fingerprint density at radius 3 is 2.83 bits per heavy atom. The van der Waals surface area contributed by atoms with Crippen molar-refractivity contribution in [3.63, 3.8) is 0 Å². The van der Waals surface area contributed by atoms with Crippen LogP contribution in [0.3, 0.4) is 0 Å². The lowest BCUT2D eigenvalue weighted by molar-refractivity contribution is -0.116. The van der Waals surface area contributed by atoms with E-state index in [0.717, 1.165) is 30.5 Å². The number of nitrogens with two attached hydrogens (primary N) is 1. The van der Waals surface area contributed by atoms with E-state index in [0.29, 0.717) is 0 Å². The van der Waals surface area contributed by atoms with Crippen LogP contribution >= 0.6 is 0 Å². The van der Waals surface area contributed by atoms with Gasteiger partial charge in [0.25, 0.3) is 0 Å². The highest BCUT2D eigenvalue weighted by Gasteiger charge is 2.11. The lowest BCUT2D eigenvalue weighted by Crippen LogP contribution is -2.16. The molecule has 9 heteroatoms. The zero-order valence-electron chi connectivity index (χ0n) is 13.4. The fourth-order valence-corrected chi connectivity index (χ4v) is 2.54. The summed E-state index contributed by atoms with van der Waals surface area (Å²) in [7, 11) is -3.77. The molecular weight excluding hydrogens is 330 g/mol. The predicted octanol–water partition coefficient (Wildman–Crippen LogP) is 0.669. The Bertz CT molecular complexity index is 801. The summed E-state index contributed by atoms with van der Waals surface area (Å²) in [5.74, 6) is -0.178. The van der Waals surface area contributed by atoms with Gasteiger partial charge in [-0.2, -0.15) is 5.10 Å².